The van der Waals surface area contributed by atoms with Crippen LogP contribution in [0.4, 0.5) is 5.13 Å². The van der Waals surface area contributed by atoms with Crippen molar-refractivity contribution in [3.05, 3.63) is 5.82 Å². The molecule has 1 heterocycles. The van der Waals surface area contributed by atoms with Crippen molar-refractivity contribution in [2.45, 2.75) is 45.6 Å². The normalized spacial score (nSPS) is 27.6. The number of aryl methyl sites for hydroxylation is 1. The lowest BCUT2D eigenvalue weighted by atomic mass is 9.86. The molecule has 0 bridgehead atoms. The minimum absolute atomic E-state index is 0.608. The molecule has 1 aliphatic carbocycles. The van der Waals surface area contributed by atoms with Gasteiger partial charge in [0.2, 0.25) is 5.13 Å². The van der Waals surface area contributed by atoms with E-state index in [1.54, 1.807) is 0 Å². The monoisotopic (exact) mass is 211 g/mol. The van der Waals surface area contributed by atoms with Crippen molar-refractivity contribution in [3.63, 3.8) is 0 Å². The summed E-state index contributed by atoms with van der Waals surface area (Å²) in [5.41, 5.74) is 0. The van der Waals surface area contributed by atoms with Crippen LogP contribution in [0.3, 0.4) is 0 Å². The number of hydrogen-bond acceptors (Lipinski definition) is 4. The van der Waals surface area contributed by atoms with Crippen molar-refractivity contribution in [2.24, 2.45) is 5.92 Å². The molecule has 0 amide bonds. The van der Waals surface area contributed by atoms with Gasteiger partial charge in [-0.25, -0.2) is 4.98 Å². The lowest BCUT2D eigenvalue weighted by Gasteiger charge is -2.29. The second kappa shape index (κ2) is 4.26. The second-order valence-corrected chi connectivity index (χ2v) is 4.91. The molecule has 4 heteroatoms. The minimum Gasteiger partial charge on any atom is -0.357 e. The summed E-state index contributed by atoms with van der Waals surface area (Å²) in [6, 6.07) is 0.608. The van der Waals surface area contributed by atoms with E-state index in [-0.39, 0.29) is 0 Å². The molecule has 1 N–H and O–H groups in total. The van der Waals surface area contributed by atoms with E-state index in [0.29, 0.717) is 6.04 Å². The van der Waals surface area contributed by atoms with Crippen molar-refractivity contribution in [1.29, 1.82) is 0 Å². The van der Waals surface area contributed by atoms with E-state index in [9.17, 15) is 0 Å². The predicted octanol–water partition coefficient (Wildman–Crippen LogP) is 2.84. The first-order valence-corrected chi connectivity index (χ1v) is 6.10. The average Bonchev–Trinajstić information content (AvgIpc) is 2.56. The Balaban J connectivity index is 1.95. The highest BCUT2D eigenvalue weighted by Gasteiger charge is 2.21. The lowest BCUT2D eigenvalue weighted by Crippen LogP contribution is -2.30. The van der Waals surface area contributed by atoms with Gasteiger partial charge < -0.3 is 5.32 Å². The van der Waals surface area contributed by atoms with Crippen LogP contribution in [0.15, 0.2) is 0 Å². The van der Waals surface area contributed by atoms with E-state index in [1.165, 1.54) is 37.2 Å². The summed E-state index contributed by atoms with van der Waals surface area (Å²) in [5.74, 6) is 1.65. The highest BCUT2D eigenvalue weighted by molar-refractivity contribution is 7.09. The van der Waals surface area contributed by atoms with Crippen LogP contribution in [0.1, 0.15) is 38.4 Å². The Morgan fingerprint density at radius 2 is 2.14 bits per heavy atom. The predicted molar refractivity (Wildman–Crippen MR) is 59.7 cm³/mol. The Kier molecular flexibility index (Phi) is 3.01. The zero-order valence-electron chi connectivity index (χ0n) is 8.79. The van der Waals surface area contributed by atoms with Crippen LogP contribution in [0, 0.1) is 12.8 Å². The molecule has 2 rings (SSSR count). The molecule has 0 aliphatic heterocycles. The number of anilines is 1. The molecule has 1 saturated carbocycles. The third-order valence-electron chi connectivity index (χ3n) is 2.95. The Bertz CT molecular complexity index is 297. The van der Waals surface area contributed by atoms with E-state index in [4.69, 9.17) is 0 Å². The fourth-order valence-electron chi connectivity index (χ4n) is 2.04. The maximum Gasteiger partial charge on any atom is 0.202 e. The van der Waals surface area contributed by atoms with E-state index in [2.05, 4.69) is 21.6 Å². The summed E-state index contributed by atoms with van der Waals surface area (Å²) < 4.78 is 4.18. The molecule has 1 aliphatic rings. The van der Waals surface area contributed by atoms with Crippen LogP contribution in [0.2, 0.25) is 0 Å². The standard InChI is InChI=1S/C10H17N3S/c1-7-5-3-4-6-9(7)12-10-11-8(2)13-14-10/h7,9H,3-6H2,1-2H3,(H,11,12,13). The highest BCUT2D eigenvalue weighted by atomic mass is 32.1. The number of nitrogens with zero attached hydrogens (tertiary/aromatic N) is 2. The Morgan fingerprint density at radius 3 is 2.79 bits per heavy atom. The van der Waals surface area contributed by atoms with Crippen molar-refractivity contribution < 1.29 is 0 Å². The van der Waals surface area contributed by atoms with Crippen LogP contribution in [-0.4, -0.2) is 15.4 Å². The number of aromatic nitrogens is 2. The lowest BCUT2D eigenvalue weighted by molar-refractivity contribution is 0.349. The van der Waals surface area contributed by atoms with Crippen molar-refractivity contribution in [3.8, 4) is 0 Å². The Labute approximate surface area is 89.1 Å². The third-order valence-corrected chi connectivity index (χ3v) is 3.69. The van der Waals surface area contributed by atoms with E-state index in [1.807, 2.05) is 6.92 Å². The summed E-state index contributed by atoms with van der Waals surface area (Å²) in [4.78, 5) is 4.34. The van der Waals surface area contributed by atoms with Crippen LogP contribution in [-0.2, 0) is 0 Å². The zero-order chi connectivity index (χ0) is 9.97. The molecule has 0 spiro atoms. The molecule has 1 fully saturated rings. The number of nitrogens with one attached hydrogen (secondary N) is 1. The Hall–Kier alpha value is -0.640. The summed E-state index contributed by atoms with van der Waals surface area (Å²) in [6.07, 6.45) is 5.35. The van der Waals surface area contributed by atoms with Gasteiger partial charge in [0.05, 0.1) is 0 Å². The molecule has 1 aromatic heterocycles. The largest absolute Gasteiger partial charge is 0.357 e. The van der Waals surface area contributed by atoms with Crippen LogP contribution in [0.5, 0.6) is 0 Å². The smallest absolute Gasteiger partial charge is 0.202 e. The van der Waals surface area contributed by atoms with Crippen LogP contribution in [0.25, 0.3) is 0 Å². The van der Waals surface area contributed by atoms with Gasteiger partial charge in [-0.2, -0.15) is 4.37 Å². The quantitative estimate of drug-likeness (QED) is 0.817. The van der Waals surface area contributed by atoms with Gasteiger partial charge >= 0.3 is 0 Å². The summed E-state index contributed by atoms with van der Waals surface area (Å²) >= 11 is 1.47. The van der Waals surface area contributed by atoms with E-state index < -0.39 is 0 Å². The van der Waals surface area contributed by atoms with Gasteiger partial charge in [0.1, 0.15) is 5.82 Å². The molecule has 78 valence electrons. The van der Waals surface area contributed by atoms with Gasteiger partial charge in [0, 0.05) is 17.6 Å². The van der Waals surface area contributed by atoms with Gasteiger partial charge in [-0.1, -0.05) is 19.8 Å². The first-order valence-electron chi connectivity index (χ1n) is 5.32. The second-order valence-electron chi connectivity index (χ2n) is 4.16. The van der Waals surface area contributed by atoms with Gasteiger partial charge in [0.15, 0.2) is 0 Å². The molecule has 1 aromatic rings. The molecule has 0 aromatic carbocycles. The molecule has 3 nitrogen and oxygen atoms in total. The maximum atomic E-state index is 4.34. The summed E-state index contributed by atoms with van der Waals surface area (Å²) in [5, 5.41) is 4.48. The van der Waals surface area contributed by atoms with Crippen molar-refractivity contribution in [2.75, 3.05) is 5.32 Å². The first-order chi connectivity index (χ1) is 6.75. The Morgan fingerprint density at radius 1 is 1.36 bits per heavy atom. The topological polar surface area (TPSA) is 37.8 Å². The van der Waals surface area contributed by atoms with Crippen LogP contribution >= 0.6 is 11.5 Å². The summed E-state index contributed by atoms with van der Waals surface area (Å²) in [6.45, 7) is 4.26. The zero-order valence-corrected chi connectivity index (χ0v) is 9.60. The highest BCUT2D eigenvalue weighted by Crippen LogP contribution is 2.27. The van der Waals surface area contributed by atoms with Crippen molar-refractivity contribution in [1.82, 2.24) is 9.36 Å². The molecule has 0 radical (unpaired) electrons. The summed E-state index contributed by atoms with van der Waals surface area (Å²) in [7, 11) is 0. The van der Waals surface area contributed by atoms with Crippen molar-refractivity contribution >= 4 is 16.7 Å². The van der Waals surface area contributed by atoms with Gasteiger partial charge in [-0.3, -0.25) is 0 Å². The molecule has 2 atom stereocenters. The van der Waals surface area contributed by atoms with Gasteiger partial charge in [-0.15, -0.1) is 0 Å². The van der Waals surface area contributed by atoms with E-state index in [0.717, 1.165) is 16.9 Å². The van der Waals surface area contributed by atoms with E-state index >= 15 is 0 Å². The fraction of sp³-hybridized carbons (Fsp3) is 0.800. The third kappa shape index (κ3) is 2.23. The maximum absolute atomic E-state index is 4.34. The molecule has 14 heavy (non-hydrogen) atoms. The van der Waals surface area contributed by atoms with Gasteiger partial charge in [-0.05, 0) is 25.7 Å². The number of rotatable bonds is 2. The van der Waals surface area contributed by atoms with Crippen LogP contribution < -0.4 is 5.32 Å². The average molecular weight is 211 g/mol. The fourth-order valence-corrected chi connectivity index (χ4v) is 2.68. The first kappa shape index (κ1) is 9.90. The SMILES string of the molecule is Cc1nsc(NC2CCCCC2C)n1. The molecular weight excluding hydrogens is 194 g/mol. The van der Waals surface area contributed by atoms with Gasteiger partial charge in [0.25, 0.3) is 0 Å². The molecular formula is C10H17N3S. The molecule has 2 unspecified atom stereocenters. The number of hydrogen-bond donors (Lipinski definition) is 1. The molecule has 0 saturated heterocycles. The minimum atomic E-state index is 0.608.